The predicted octanol–water partition coefficient (Wildman–Crippen LogP) is 1.54. The summed E-state index contributed by atoms with van der Waals surface area (Å²) in [7, 11) is 3.20. The third kappa shape index (κ3) is 2.19. The lowest BCUT2D eigenvalue weighted by molar-refractivity contribution is 0.0597. The average Bonchev–Trinajstić information content (AvgIpc) is 2.75. The van der Waals surface area contributed by atoms with Crippen molar-refractivity contribution in [2.75, 3.05) is 20.7 Å². The van der Waals surface area contributed by atoms with Gasteiger partial charge in [0.25, 0.3) is 0 Å². The van der Waals surface area contributed by atoms with E-state index in [9.17, 15) is 4.79 Å². The van der Waals surface area contributed by atoms with E-state index in [1.54, 1.807) is 22.6 Å². The van der Waals surface area contributed by atoms with Gasteiger partial charge < -0.3 is 10.1 Å². The zero-order chi connectivity index (χ0) is 13.1. The fourth-order valence-corrected chi connectivity index (χ4v) is 2.08. The smallest absolute Gasteiger partial charge is 0.358 e. The van der Waals surface area contributed by atoms with Crippen molar-refractivity contribution >= 4 is 23.1 Å². The van der Waals surface area contributed by atoms with Gasteiger partial charge in [-0.15, -0.1) is 0 Å². The Bertz CT molecular complexity index is 580. The highest BCUT2D eigenvalue weighted by atomic mass is 35.5. The second-order valence-corrected chi connectivity index (χ2v) is 4.18. The number of methoxy groups -OCH3 is 1. The van der Waals surface area contributed by atoms with Crippen LogP contribution in [0.3, 0.4) is 0 Å². The van der Waals surface area contributed by atoms with Crippen LogP contribution in [-0.4, -0.2) is 36.1 Å². The van der Waals surface area contributed by atoms with Crippen LogP contribution in [0.4, 0.5) is 0 Å². The van der Waals surface area contributed by atoms with Gasteiger partial charge in [0.1, 0.15) is 11.0 Å². The Hall–Kier alpha value is -1.59. The van der Waals surface area contributed by atoms with E-state index in [4.69, 9.17) is 16.3 Å². The quantitative estimate of drug-likeness (QED) is 0.674. The van der Waals surface area contributed by atoms with Gasteiger partial charge in [-0.05, 0) is 19.2 Å². The van der Waals surface area contributed by atoms with Gasteiger partial charge in [0.15, 0.2) is 5.69 Å². The largest absolute Gasteiger partial charge is 0.464 e. The number of carbonyl (C=O) groups excluding carboxylic acids is 1. The number of carbonyl (C=O) groups is 1. The molecule has 5 nitrogen and oxygen atoms in total. The number of hydrogen-bond donors (Lipinski definition) is 1. The van der Waals surface area contributed by atoms with E-state index in [0.29, 0.717) is 22.8 Å². The van der Waals surface area contributed by atoms with Crippen LogP contribution in [0.25, 0.3) is 5.52 Å². The lowest BCUT2D eigenvalue weighted by Crippen LogP contribution is -2.12. The van der Waals surface area contributed by atoms with Crippen LogP contribution >= 0.6 is 11.6 Å². The van der Waals surface area contributed by atoms with Crippen LogP contribution < -0.4 is 5.32 Å². The number of halogens is 1. The first-order valence-electron chi connectivity index (χ1n) is 5.57. The van der Waals surface area contributed by atoms with Gasteiger partial charge >= 0.3 is 5.97 Å². The fourth-order valence-electron chi connectivity index (χ4n) is 1.82. The maximum absolute atomic E-state index is 11.7. The summed E-state index contributed by atoms with van der Waals surface area (Å²) in [6, 6.07) is 5.35. The van der Waals surface area contributed by atoms with Gasteiger partial charge in [-0.1, -0.05) is 17.7 Å². The predicted molar refractivity (Wildman–Crippen MR) is 69.2 cm³/mol. The molecular weight excluding hydrogens is 254 g/mol. The lowest BCUT2D eigenvalue weighted by atomic mass is 10.3. The van der Waals surface area contributed by atoms with Gasteiger partial charge in [0, 0.05) is 13.0 Å². The summed E-state index contributed by atoms with van der Waals surface area (Å²) in [4.78, 5) is 16.0. The Morgan fingerprint density at radius 1 is 1.56 bits per heavy atom. The van der Waals surface area contributed by atoms with Crippen molar-refractivity contribution in [2.45, 2.75) is 6.42 Å². The lowest BCUT2D eigenvalue weighted by Gasteiger charge is -2.02. The molecule has 0 aliphatic carbocycles. The minimum Gasteiger partial charge on any atom is -0.464 e. The number of nitrogens with one attached hydrogen (secondary N) is 1. The highest BCUT2D eigenvalue weighted by molar-refractivity contribution is 6.29. The monoisotopic (exact) mass is 267 g/mol. The van der Waals surface area contributed by atoms with Crippen molar-refractivity contribution in [1.82, 2.24) is 14.7 Å². The summed E-state index contributed by atoms with van der Waals surface area (Å²) >= 11 is 6.15. The first kappa shape index (κ1) is 12.9. The number of nitrogens with zero attached hydrogens (tertiary/aromatic N) is 2. The maximum Gasteiger partial charge on any atom is 0.358 e. The van der Waals surface area contributed by atoms with Gasteiger partial charge in [-0.25, -0.2) is 9.78 Å². The molecule has 1 N–H and O–H groups in total. The molecule has 6 heteroatoms. The third-order valence-electron chi connectivity index (χ3n) is 2.66. The molecular formula is C12H14ClN3O2. The molecule has 0 unspecified atom stereocenters. The first-order chi connectivity index (χ1) is 8.69. The Morgan fingerprint density at radius 3 is 3.00 bits per heavy atom. The zero-order valence-electron chi connectivity index (χ0n) is 10.2. The summed E-state index contributed by atoms with van der Waals surface area (Å²) in [6.45, 7) is 0.755. The van der Waals surface area contributed by atoms with Gasteiger partial charge in [-0.3, -0.25) is 4.40 Å². The second kappa shape index (κ2) is 5.37. The number of imidazole rings is 1. The number of rotatable bonds is 4. The number of pyridine rings is 1. The SMILES string of the molecule is CNCCc1nc(C(=O)OC)c2cccc(Cl)n12. The normalized spacial score (nSPS) is 10.8. The van der Waals surface area contributed by atoms with E-state index >= 15 is 0 Å². The van der Waals surface area contributed by atoms with E-state index in [2.05, 4.69) is 10.3 Å². The van der Waals surface area contributed by atoms with Gasteiger partial charge in [0.2, 0.25) is 0 Å². The highest BCUT2D eigenvalue weighted by Gasteiger charge is 2.18. The molecule has 18 heavy (non-hydrogen) atoms. The van der Waals surface area contributed by atoms with Crippen LogP contribution in [0, 0.1) is 0 Å². The average molecular weight is 268 g/mol. The number of hydrogen-bond acceptors (Lipinski definition) is 4. The molecule has 0 fully saturated rings. The van der Waals surface area contributed by atoms with Crippen molar-refractivity contribution in [3.05, 3.63) is 34.9 Å². The molecule has 0 aliphatic rings. The van der Waals surface area contributed by atoms with Crippen molar-refractivity contribution in [3.63, 3.8) is 0 Å². The van der Waals surface area contributed by atoms with E-state index in [0.717, 1.165) is 12.4 Å². The van der Waals surface area contributed by atoms with Gasteiger partial charge in [-0.2, -0.15) is 0 Å². The Kier molecular flexibility index (Phi) is 3.84. The Balaban J connectivity index is 2.60. The minimum atomic E-state index is -0.453. The maximum atomic E-state index is 11.7. The summed E-state index contributed by atoms with van der Waals surface area (Å²) in [5.74, 6) is 0.288. The van der Waals surface area contributed by atoms with Crippen LogP contribution in [0.2, 0.25) is 5.15 Å². The van der Waals surface area contributed by atoms with Crippen molar-refractivity contribution in [3.8, 4) is 0 Å². The van der Waals surface area contributed by atoms with E-state index in [1.165, 1.54) is 7.11 Å². The van der Waals surface area contributed by atoms with E-state index < -0.39 is 5.97 Å². The van der Waals surface area contributed by atoms with E-state index in [-0.39, 0.29) is 0 Å². The summed E-state index contributed by atoms with van der Waals surface area (Å²) in [5, 5.41) is 3.57. The Morgan fingerprint density at radius 2 is 2.33 bits per heavy atom. The van der Waals surface area contributed by atoms with Crippen molar-refractivity contribution in [2.24, 2.45) is 0 Å². The van der Waals surface area contributed by atoms with E-state index in [1.807, 2.05) is 7.05 Å². The summed E-state index contributed by atoms with van der Waals surface area (Å²) < 4.78 is 6.50. The standard InChI is InChI=1S/C12H14ClN3O2/c1-14-7-6-10-15-11(12(17)18-2)8-4-3-5-9(13)16(8)10/h3-5,14H,6-7H2,1-2H3. The van der Waals surface area contributed by atoms with Gasteiger partial charge in [0.05, 0.1) is 12.6 Å². The molecule has 2 aromatic rings. The highest BCUT2D eigenvalue weighted by Crippen LogP contribution is 2.20. The fraction of sp³-hybridized carbons (Fsp3) is 0.333. The molecule has 0 amide bonds. The van der Waals surface area contributed by atoms with Crippen molar-refractivity contribution < 1.29 is 9.53 Å². The molecule has 96 valence electrons. The number of esters is 1. The van der Waals surface area contributed by atoms with Crippen LogP contribution in [0.15, 0.2) is 18.2 Å². The molecule has 2 aromatic heterocycles. The van der Waals surface area contributed by atoms with Crippen LogP contribution in [0.1, 0.15) is 16.3 Å². The molecule has 0 atom stereocenters. The number of fused-ring (bicyclic) bond motifs is 1. The topological polar surface area (TPSA) is 55.6 Å². The first-order valence-corrected chi connectivity index (χ1v) is 5.95. The molecule has 0 aliphatic heterocycles. The summed E-state index contributed by atoms with van der Waals surface area (Å²) in [5.41, 5.74) is 0.964. The molecule has 0 saturated heterocycles. The minimum absolute atomic E-state index is 0.297. The second-order valence-electron chi connectivity index (χ2n) is 3.79. The molecule has 0 saturated carbocycles. The third-order valence-corrected chi connectivity index (χ3v) is 2.96. The molecule has 2 heterocycles. The summed E-state index contributed by atoms with van der Waals surface area (Å²) in [6.07, 6.45) is 0.679. The number of ether oxygens (including phenoxy) is 1. The molecule has 2 rings (SSSR count). The number of aromatic nitrogens is 2. The molecule has 0 bridgehead atoms. The number of likely N-dealkylation sites (N-methyl/N-ethyl adjacent to an activating group) is 1. The molecule has 0 aromatic carbocycles. The van der Waals surface area contributed by atoms with Crippen LogP contribution in [-0.2, 0) is 11.2 Å². The molecule has 0 radical (unpaired) electrons. The Labute approximate surface area is 110 Å². The van der Waals surface area contributed by atoms with Crippen molar-refractivity contribution in [1.29, 1.82) is 0 Å². The molecule has 0 spiro atoms. The zero-order valence-corrected chi connectivity index (χ0v) is 11.0. The van der Waals surface area contributed by atoms with Crippen LogP contribution in [0.5, 0.6) is 0 Å².